The van der Waals surface area contributed by atoms with Crippen molar-refractivity contribution in [3.8, 4) is 11.8 Å². The van der Waals surface area contributed by atoms with E-state index in [1.165, 1.54) is 18.4 Å². The Kier molecular flexibility index (Phi) is 6.19. The van der Waals surface area contributed by atoms with Gasteiger partial charge < -0.3 is 4.74 Å². The lowest BCUT2D eigenvalue weighted by Crippen LogP contribution is -2.44. The number of thioether (sulfide) groups is 1. The summed E-state index contributed by atoms with van der Waals surface area (Å²) >= 11 is 2.03. The molecule has 0 bridgehead atoms. The molecule has 2 rings (SSSR count). The molecule has 1 N–H and O–H groups in total. The Morgan fingerprint density at radius 3 is 2.65 bits per heavy atom. The van der Waals surface area contributed by atoms with E-state index in [1.807, 2.05) is 23.9 Å². The third-order valence-corrected chi connectivity index (χ3v) is 4.91. The van der Waals surface area contributed by atoms with Gasteiger partial charge in [-0.1, -0.05) is 12.1 Å². The molecule has 0 saturated carbocycles. The lowest BCUT2D eigenvalue weighted by atomic mass is 10.1. The van der Waals surface area contributed by atoms with Crippen LogP contribution in [0.2, 0.25) is 0 Å². The van der Waals surface area contributed by atoms with Crippen LogP contribution < -0.4 is 10.2 Å². The first-order valence-corrected chi connectivity index (χ1v) is 7.96. The van der Waals surface area contributed by atoms with E-state index in [1.54, 1.807) is 7.11 Å². The van der Waals surface area contributed by atoms with Crippen molar-refractivity contribution >= 4 is 11.8 Å². The zero-order valence-corrected chi connectivity index (χ0v) is 12.7. The van der Waals surface area contributed by atoms with Crippen molar-refractivity contribution in [1.29, 1.82) is 5.26 Å². The Bertz CT molecular complexity index is 435. The summed E-state index contributed by atoms with van der Waals surface area (Å²) in [5.41, 5.74) is 4.48. The van der Waals surface area contributed by atoms with Crippen molar-refractivity contribution in [1.82, 2.24) is 10.4 Å². The Balaban J connectivity index is 1.69. The normalized spacial score (nSPS) is 16.8. The minimum atomic E-state index is 0.406. The SMILES string of the molecule is COc1ccc(CSC2CCN(NCC#N)CC2)cc1. The third-order valence-electron chi connectivity index (χ3n) is 3.47. The lowest BCUT2D eigenvalue weighted by Gasteiger charge is -2.31. The summed E-state index contributed by atoms with van der Waals surface area (Å²) in [6.07, 6.45) is 2.36. The summed E-state index contributed by atoms with van der Waals surface area (Å²) in [5, 5.41) is 11.4. The van der Waals surface area contributed by atoms with E-state index in [9.17, 15) is 0 Å². The van der Waals surface area contributed by atoms with Gasteiger partial charge in [0.25, 0.3) is 0 Å². The van der Waals surface area contributed by atoms with Gasteiger partial charge in [-0.05, 0) is 30.5 Å². The number of nitrogens with zero attached hydrogens (tertiary/aromatic N) is 2. The molecule has 0 radical (unpaired) electrons. The molecule has 1 aliphatic rings. The maximum atomic E-state index is 8.54. The predicted molar refractivity (Wildman–Crippen MR) is 82.5 cm³/mol. The van der Waals surface area contributed by atoms with Crippen LogP contribution in [-0.4, -0.2) is 37.0 Å². The zero-order valence-electron chi connectivity index (χ0n) is 11.8. The second kappa shape index (κ2) is 8.15. The molecule has 1 fully saturated rings. The van der Waals surface area contributed by atoms with Crippen LogP contribution in [0.15, 0.2) is 24.3 Å². The zero-order chi connectivity index (χ0) is 14.2. The molecule has 0 aromatic heterocycles. The maximum absolute atomic E-state index is 8.54. The number of nitriles is 1. The maximum Gasteiger partial charge on any atom is 0.118 e. The number of piperidine rings is 1. The van der Waals surface area contributed by atoms with Gasteiger partial charge in [-0.3, -0.25) is 0 Å². The van der Waals surface area contributed by atoms with Gasteiger partial charge in [0.2, 0.25) is 0 Å². The first-order valence-electron chi connectivity index (χ1n) is 6.91. The number of hydrogen-bond donors (Lipinski definition) is 1. The first kappa shape index (κ1) is 15.2. The molecule has 0 spiro atoms. The topological polar surface area (TPSA) is 48.3 Å². The molecule has 1 aromatic rings. The highest BCUT2D eigenvalue weighted by Gasteiger charge is 2.18. The highest BCUT2D eigenvalue weighted by atomic mass is 32.2. The molecule has 1 saturated heterocycles. The van der Waals surface area contributed by atoms with E-state index in [0.717, 1.165) is 29.8 Å². The summed E-state index contributed by atoms with van der Waals surface area (Å²) in [6.45, 7) is 2.47. The largest absolute Gasteiger partial charge is 0.497 e. The molecule has 20 heavy (non-hydrogen) atoms. The smallest absolute Gasteiger partial charge is 0.118 e. The molecule has 0 unspecified atom stereocenters. The summed E-state index contributed by atoms with van der Waals surface area (Å²) in [5.74, 6) is 1.97. The van der Waals surface area contributed by atoms with Crippen molar-refractivity contribution in [2.45, 2.75) is 23.8 Å². The molecular formula is C15H21N3OS. The number of methoxy groups -OCH3 is 1. The van der Waals surface area contributed by atoms with Crippen LogP contribution in [-0.2, 0) is 5.75 Å². The van der Waals surface area contributed by atoms with E-state index >= 15 is 0 Å². The van der Waals surface area contributed by atoms with Crippen molar-refractivity contribution in [2.24, 2.45) is 0 Å². The number of rotatable bonds is 6. The molecule has 0 atom stereocenters. The van der Waals surface area contributed by atoms with Gasteiger partial charge in [0.1, 0.15) is 5.75 Å². The van der Waals surface area contributed by atoms with Crippen LogP contribution in [0.3, 0.4) is 0 Å². The highest BCUT2D eigenvalue weighted by Crippen LogP contribution is 2.26. The quantitative estimate of drug-likeness (QED) is 0.816. The van der Waals surface area contributed by atoms with Crippen molar-refractivity contribution in [3.63, 3.8) is 0 Å². The average Bonchev–Trinajstić information content (AvgIpc) is 2.52. The second-order valence-electron chi connectivity index (χ2n) is 4.84. The number of hydrazine groups is 1. The van der Waals surface area contributed by atoms with Crippen molar-refractivity contribution in [2.75, 3.05) is 26.7 Å². The molecule has 0 aliphatic carbocycles. The van der Waals surface area contributed by atoms with Gasteiger partial charge in [0.15, 0.2) is 0 Å². The van der Waals surface area contributed by atoms with E-state index in [4.69, 9.17) is 10.00 Å². The highest BCUT2D eigenvalue weighted by molar-refractivity contribution is 7.99. The summed E-state index contributed by atoms with van der Waals surface area (Å²) < 4.78 is 5.17. The summed E-state index contributed by atoms with van der Waals surface area (Å²) in [4.78, 5) is 0. The van der Waals surface area contributed by atoms with Crippen LogP contribution in [0, 0.1) is 11.3 Å². The molecular weight excluding hydrogens is 270 g/mol. The molecule has 5 heteroatoms. The Morgan fingerprint density at radius 1 is 1.35 bits per heavy atom. The van der Waals surface area contributed by atoms with Crippen molar-refractivity contribution < 1.29 is 4.74 Å². The molecule has 0 amide bonds. The number of hydrogen-bond acceptors (Lipinski definition) is 5. The monoisotopic (exact) mass is 291 g/mol. The van der Waals surface area contributed by atoms with Crippen molar-refractivity contribution in [3.05, 3.63) is 29.8 Å². The fourth-order valence-electron chi connectivity index (χ4n) is 2.26. The van der Waals surface area contributed by atoms with Crippen LogP contribution in [0.5, 0.6) is 5.75 Å². The van der Waals surface area contributed by atoms with E-state index in [2.05, 4.69) is 28.6 Å². The predicted octanol–water partition coefficient (Wildman–Crippen LogP) is 2.42. The van der Waals surface area contributed by atoms with E-state index in [0.29, 0.717) is 6.54 Å². The molecule has 108 valence electrons. The lowest BCUT2D eigenvalue weighted by molar-refractivity contribution is 0.166. The summed E-state index contributed by atoms with van der Waals surface area (Å²) in [7, 11) is 1.69. The van der Waals surface area contributed by atoms with Gasteiger partial charge in [-0.15, -0.1) is 0 Å². The first-order chi connectivity index (χ1) is 9.81. The molecule has 1 aromatic carbocycles. The Hall–Kier alpha value is -1.22. The van der Waals surface area contributed by atoms with Crippen LogP contribution in [0.4, 0.5) is 0 Å². The second-order valence-corrected chi connectivity index (χ2v) is 6.13. The fraction of sp³-hybridized carbons (Fsp3) is 0.533. The number of benzene rings is 1. The third kappa shape index (κ3) is 4.71. The van der Waals surface area contributed by atoms with E-state index < -0.39 is 0 Å². The van der Waals surface area contributed by atoms with Gasteiger partial charge in [-0.25, -0.2) is 10.4 Å². The number of nitrogens with one attached hydrogen (secondary N) is 1. The van der Waals surface area contributed by atoms with Gasteiger partial charge in [-0.2, -0.15) is 17.0 Å². The Morgan fingerprint density at radius 2 is 2.05 bits per heavy atom. The molecule has 1 heterocycles. The molecule has 1 aliphatic heterocycles. The van der Waals surface area contributed by atoms with Gasteiger partial charge in [0.05, 0.1) is 19.7 Å². The number of ether oxygens (including phenoxy) is 1. The van der Waals surface area contributed by atoms with Gasteiger partial charge >= 0.3 is 0 Å². The minimum absolute atomic E-state index is 0.406. The standard InChI is InChI=1S/C15H21N3OS/c1-19-14-4-2-13(3-5-14)12-20-15-6-10-18(11-7-15)17-9-8-16/h2-5,15,17H,6-7,9-12H2,1H3. The molecule has 4 nitrogen and oxygen atoms in total. The van der Waals surface area contributed by atoms with Crippen LogP contribution in [0.25, 0.3) is 0 Å². The van der Waals surface area contributed by atoms with E-state index in [-0.39, 0.29) is 0 Å². The Labute approximate surface area is 125 Å². The minimum Gasteiger partial charge on any atom is -0.497 e. The summed E-state index contributed by atoms with van der Waals surface area (Å²) in [6, 6.07) is 10.4. The van der Waals surface area contributed by atoms with Crippen LogP contribution >= 0.6 is 11.8 Å². The van der Waals surface area contributed by atoms with Crippen LogP contribution in [0.1, 0.15) is 18.4 Å². The average molecular weight is 291 g/mol. The van der Waals surface area contributed by atoms with Gasteiger partial charge in [0, 0.05) is 24.1 Å². The fourth-order valence-corrected chi connectivity index (χ4v) is 3.43.